The van der Waals surface area contributed by atoms with E-state index in [1.807, 2.05) is 114 Å². The van der Waals surface area contributed by atoms with Crippen LogP contribution >= 0.6 is 11.8 Å². The topological polar surface area (TPSA) is 168 Å². The fourth-order valence-corrected chi connectivity index (χ4v) is 6.08. The Labute approximate surface area is 311 Å². The van der Waals surface area contributed by atoms with Crippen LogP contribution in [-0.2, 0) is 31.9 Å². The summed E-state index contributed by atoms with van der Waals surface area (Å²) in [5.41, 5.74) is 2.78. The summed E-state index contributed by atoms with van der Waals surface area (Å²) >= 11 is 1.41. The Morgan fingerprint density at radius 1 is 0.731 bits per heavy atom. The molecule has 4 amide bonds. The van der Waals surface area contributed by atoms with E-state index in [1.54, 1.807) is 6.20 Å². The molecule has 2 aromatic carbocycles. The van der Waals surface area contributed by atoms with Crippen LogP contribution in [0.25, 0.3) is 11.3 Å². The largest absolute Gasteiger partial charge is 0.453 e. The molecule has 0 saturated heterocycles. The molecule has 282 valence electrons. The van der Waals surface area contributed by atoms with Crippen LogP contribution in [0.3, 0.4) is 0 Å². The van der Waals surface area contributed by atoms with Gasteiger partial charge in [0.05, 0.1) is 32.1 Å². The highest BCUT2D eigenvalue weighted by Gasteiger charge is 2.39. The van der Waals surface area contributed by atoms with E-state index < -0.39 is 64.4 Å². The van der Waals surface area contributed by atoms with Gasteiger partial charge in [-0.2, -0.15) is 11.8 Å². The highest BCUT2D eigenvalue weighted by Crippen LogP contribution is 2.27. The van der Waals surface area contributed by atoms with Crippen molar-refractivity contribution < 1.29 is 33.8 Å². The molecule has 12 nitrogen and oxygen atoms in total. The maximum atomic E-state index is 13.9. The van der Waals surface area contributed by atoms with Crippen molar-refractivity contribution in [3.05, 3.63) is 90.1 Å². The number of thioether (sulfide) groups is 1. The van der Waals surface area contributed by atoms with Gasteiger partial charge in [0.2, 0.25) is 11.8 Å². The number of nitrogens with zero attached hydrogens (tertiary/aromatic N) is 1. The molecule has 0 spiro atoms. The third kappa shape index (κ3) is 12.6. The third-order valence-electron chi connectivity index (χ3n) is 8.87. The lowest BCUT2D eigenvalue weighted by Crippen LogP contribution is -2.59. The molecular formula is C39H53N5O7S. The highest BCUT2D eigenvalue weighted by molar-refractivity contribution is 8.00. The number of ether oxygens (including phenoxy) is 2. The zero-order valence-electron chi connectivity index (χ0n) is 31.3. The first-order valence-electron chi connectivity index (χ1n) is 17.1. The number of rotatable bonds is 16. The third-order valence-corrected chi connectivity index (χ3v) is 10.2. The Morgan fingerprint density at radius 2 is 1.29 bits per heavy atom. The van der Waals surface area contributed by atoms with Crippen LogP contribution in [0.2, 0.25) is 0 Å². The van der Waals surface area contributed by atoms with Crippen LogP contribution in [-0.4, -0.2) is 89.6 Å². The van der Waals surface area contributed by atoms with E-state index >= 15 is 0 Å². The smallest absolute Gasteiger partial charge is 0.407 e. The molecule has 5 atom stereocenters. The predicted octanol–water partition coefficient (Wildman–Crippen LogP) is 4.89. The maximum Gasteiger partial charge on any atom is 0.407 e. The van der Waals surface area contributed by atoms with Gasteiger partial charge in [-0.1, -0.05) is 81.4 Å². The molecule has 13 heteroatoms. The molecular weight excluding hydrogens is 683 g/mol. The molecule has 0 aliphatic heterocycles. The summed E-state index contributed by atoms with van der Waals surface area (Å²) in [6, 6.07) is 19.5. The van der Waals surface area contributed by atoms with Gasteiger partial charge < -0.3 is 35.8 Å². The number of carbonyl (C=O) groups is 4. The number of amides is 4. The summed E-state index contributed by atoms with van der Waals surface area (Å²) in [7, 11) is 2.46. The van der Waals surface area contributed by atoms with Gasteiger partial charge in [0.15, 0.2) is 0 Å². The Kier molecular flexibility index (Phi) is 15.5. The molecule has 5 N–H and O–H groups in total. The number of benzene rings is 2. The van der Waals surface area contributed by atoms with Gasteiger partial charge in [-0.15, -0.1) is 0 Å². The van der Waals surface area contributed by atoms with Crippen molar-refractivity contribution in [3.8, 4) is 11.3 Å². The summed E-state index contributed by atoms with van der Waals surface area (Å²) in [5, 5.41) is 23.3. The van der Waals surface area contributed by atoms with Crippen molar-refractivity contribution >= 4 is 35.8 Å². The van der Waals surface area contributed by atoms with E-state index in [1.165, 1.54) is 26.0 Å². The van der Waals surface area contributed by atoms with E-state index in [9.17, 15) is 24.3 Å². The highest BCUT2D eigenvalue weighted by atomic mass is 32.2. The lowest BCUT2D eigenvalue weighted by Gasteiger charge is -2.35. The molecule has 1 aromatic heterocycles. The Hall–Kier alpha value is -4.62. The number of aliphatic hydroxyl groups excluding tert-OH is 1. The van der Waals surface area contributed by atoms with E-state index in [2.05, 4.69) is 26.3 Å². The van der Waals surface area contributed by atoms with E-state index in [-0.39, 0.29) is 12.8 Å². The average Bonchev–Trinajstić information content (AvgIpc) is 3.12. The minimum Gasteiger partial charge on any atom is -0.453 e. The van der Waals surface area contributed by atoms with Gasteiger partial charge in [-0.25, -0.2) is 9.59 Å². The lowest BCUT2D eigenvalue weighted by atomic mass is 9.85. The Balaban J connectivity index is 1.97. The van der Waals surface area contributed by atoms with Gasteiger partial charge in [-0.05, 0) is 68.0 Å². The van der Waals surface area contributed by atoms with Gasteiger partial charge in [0.25, 0.3) is 0 Å². The minimum absolute atomic E-state index is 0.0485. The van der Waals surface area contributed by atoms with Crippen molar-refractivity contribution in [2.45, 2.75) is 88.9 Å². The zero-order valence-corrected chi connectivity index (χ0v) is 32.1. The molecule has 0 radical (unpaired) electrons. The zero-order chi connectivity index (χ0) is 38.5. The molecule has 1 heterocycles. The van der Waals surface area contributed by atoms with Gasteiger partial charge in [-0.3, -0.25) is 14.6 Å². The second-order valence-electron chi connectivity index (χ2n) is 14.2. The van der Waals surface area contributed by atoms with E-state index in [0.717, 1.165) is 22.4 Å². The average molecular weight is 736 g/mol. The van der Waals surface area contributed by atoms with Crippen molar-refractivity contribution in [1.29, 1.82) is 0 Å². The van der Waals surface area contributed by atoms with Crippen LogP contribution in [0.1, 0.15) is 52.2 Å². The first-order valence-corrected chi connectivity index (χ1v) is 18.4. The second-order valence-corrected chi connectivity index (χ2v) is 15.7. The van der Waals surface area contributed by atoms with Gasteiger partial charge in [0, 0.05) is 22.5 Å². The van der Waals surface area contributed by atoms with Crippen LogP contribution in [0.15, 0.2) is 79.0 Å². The number of carbonyl (C=O) groups excluding carboxylic acids is 4. The molecule has 0 saturated carbocycles. The van der Waals surface area contributed by atoms with Crippen molar-refractivity contribution in [2.24, 2.45) is 5.41 Å². The number of alkyl carbamates (subject to hydrolysis) is 2. The van der Waals surface area contributed by atoms with Crippen LogP contribution in [0, 0.1) is 5.41 Å². The van der Waals surface area contributed by atoms with Crippen LogP contribution in [0.4, 0.5) is 9.59 Å². The van der Waals surface area contributed by atoms with Crippen molar-refractivity contribution in [1.82, 2.24) is 26.3 Å². The molecule has 52 heavy (non-hydrogen) atoms. The molecule has 3 aromatic rings. The quantitative estimate of drug-likeness (QED) is 0.138. The monoisotopic (exact) mass is 735 g/mol. The number of aliphatic hydroxyl groups is 1. The fraction of sp³-hybridized carbons (Fsp3) is 0.462. The summed E-state index contributed by atoms with van der Waals surface area (Å²) in [4.78, 5) is 56.7. The van der Waals surface area contributed by atoms with Gasteiger partial charge >= 0.3 is 12.2 Å². The molecule has 0 aliphatic carbocycles. The van der Waals surface area contributed by atoms with Crippen molar-refractivity contribution in [3.63, 3.8) is 0 Å². The maximum absolute atomic E-state index is 13.9. The summed E-state index contributed by atoms with van der Waals surface area (Å²) in [6.07, 6.45) is 1.56. The minimum atomic E-state index is -1.16. The number of hydrogen-bond acceptors (Lipinski definition) is 9. The number of methoxy groups -OCH3 is 2. The van der Waals surface area contributed by atoms with Crippen LogP contribution < -0.4 is 21.3 Å². The number of hydrogen-bond donors (Lipinski definition) is 5. The summed E-state index contributed by atoms with van der Waals surface area (Å²) in [6.45, 7) is 9.13. The van der Waals surface area contributed by atoms with Crippen molar-refractivity contribution in [2.75, 3.05) is 20.5 Å². The first-order chi connectivity index (χ1) is 24.6. The normalized spacial score (nSPS) is 14.5. The van der Waals surface area contributed by atoms with Gasteiger partial charge in [0.1, 0.15) is 12.1 Å². The standard InChI is InChI=1S/C39H53N5O7S/c1-38(2,3)32(43-36(48)50-6)34(46)42-30(23-26-17-19-27(20-18-26)29-16-12-13-21-40-29)31(45)24-28(22-25-14-10-9-11-15-25)41-35(47)33(39(4,5)52-8)44-37(49)51-7/h9-21,28,30-33,45H,22-24H2,1-8H3,(H,41,47)(H,42,46)(H,43,48)(H,44,49). The number of aromatic nitrogens is 1. The fourth-order valence-electron chi connectivity index (χ4n) is 5.68. The lowest BCUT2D eigenvalue weighted by molar-refractivity contribution is -0.127. The Morgan fingerprint density at radius 3 is 1.83 bits per heavy atom. The molecule has 0 fully saturated rings. The van der Waals surface area contributed by atoms with Crippen LogP contribution in [0.5, 0.6) is 0 Å². The van der Waals surface area contributed by atoms with E-state index in [0.29, 0.717) is 6.42 Å². The van der Waals surface area contributed by atoms with E-state index in [4.69, 9.17) is 9.47 Å². The Bertz CT molecular complexity index is 1600. The summed E-state index contributed by atoms with van der Waals surface area (Å²) in [5.74, 6) is -0.946. The molecule has 0 aliphatic rings. The number of pyridine rings is 1. The second kappa shape index (κ2) is 19.3. The molecule has 0 bridgehead atoms. The summed E-state index contributed by atoms with van der Waals surface area (Å²) < 4.78 is 8.89. The SMILES string of the molecule is COC(=O)NC(C(=O)NC(Cc1ccc(-c2ccccn2)cc1)C(O)CC(Cc1ccccc1)NC(=O)C(NC(=O)OC)C(C)(C)SC)C(C)(C)C. The molecule has 5 unspecified atom stereocenters. The molecule has 3 rings (SSSR count). The first kappa shape index (κ1) is 41.8. The number of nitrogens with one attached hydrogen (secondary N) is 4. The predicted molar refractivity (Wildman–Crippen MR) is 204 cm³/mol.